The predicted molar refractivity (Wildman–Crippen MR) is 80.3 cm³/mol. The Hall–Kier alpha value is -1.75. The number of carbonyl (C=O) groups excluding carboxylic acids is 2. The molecule has 0 saturated carbocycles. The molecule has 0 spiro atoms. The first kappa shape index (κ1) is 15.6. The summed E-state index contributed by atoms with van der Waals surface area (Å²) >= 11 is 5.92. The van der Waals surface area contributed by atoms with Gasteiger partial charge >= 0.3 is 6.09 Å². The molecule has 1 aromatic carbocycles. The summed E-state index contributed by atoms with van der Waals surface area (Å²) in [4.78, 5) is 26.9. The Morgan fingerprint density at radius 1 is 1.19 bits per heavy atom. The summed E-state index contributed by atoms with van der Waals surface area (Å²) in [6.45, 7) is 2.16. The Morgan fingerprint density at radius 2 is 1.86 bits per heavy atom. The Morgan fingerprint density at radius 3 is 2.48 bits per heavy atom. The van der Waals surface area contributed by atoms with Gasteiger partial charge in [-0.2, -0.15) is 0 Å². The van der Waals surface area contributed by atoms with Crippen molar-refractivity contribution in [2.75, 3.05) is 33.3 Å². The Labute approximate surface area is 129 Å². The summed E-state index contributed by atoms with van der Waals surface area (Å²) in [6.07, 6.45) is 0.802. The molecule has 6 heteroatoms. The minimum absolute atomic E-state index is 0.111. The third-order valence-corrected chi connectivity index (χ3v) is 3.82. The first-order chi connectivity index (χ1) is 10.1. The van der Waals surface area contributed by atoms with Gasteiger partial charge in [0.25, 0.3) is 0 Å². The zero-order valence-corrected chi connectivity index (χ0v) is 12.8. The van der Waals surface area contributed by atoms with Crippen LogP contribution in [0.25, 0.3) is 0 Å². The highest BCUT2D eigenvalue weighted by Gasteiger charge is 2.24. The molecule has 0 bridgehead atoms. The van der Waals surface area contributed by atoms with E-state index in [1.54, 1.807) is 9.80 Å². The molecule has 1 aliphatic heterocycles. The Balaban J connectivity index is 1.78. The molecule has 5 nitrogen and oxygen atoms in total. The van der Waals surface area contributed by atoms with Gasteiger partial charge in [-0.3, -0.25) is 4.79 Å². The zero-order chi connectivity index (χ0) is 15.2. The van der Waals surface area contributed by atoms with Crippen LogP contribution in [-0.2, 0) is 16.0 Å². The van der Waals surface area contributed by atoms with Gasteiger partial charge < -0.3 is 14.5 Å². The van der Waals surface area contributed by atoms with E-state index in [2.05, 4.69) is 4.74 Å². The SMILES string of the molecule is COC(=O)N1CCN(C(=O)CCc2cccc(Cl)c2)CC1. The number of methoxy groups -OCH3 is 1. The smallest absolute Gasteiger partial charge is 0.409 e. The van der Waals surface area contributed by atoms with Crippen LogP contribution in [0.2, 0.25) is 5.02 Å². The van der Waals surface area contributed by atoms with Gasteiger partial charge in [-0.05, 0) is 24.1 Å². The van der Waals surface area contributed by atoms with Crippen LogP contribution in [0.4, 0.5) is 4.79 Å². The number of aryl methyl sites for hydroxylation is 1. The van der Waals surface area contributed by atoms with Crippen LogP contribution in [0.3, 0.4) is 0 Å². The number of hydrogen-bond donors (Lipinski definition) is 0. The second-order valence-electron chi connectivity index (χ2n) is 4.97. The maximum atomic E-state index is 12.2. The van der Waals surface area contributed by atoms with Crippen LogP contribution in [0.1, 0.15) is 12.0 Å². The maximum Gasteiger partial charge on any atom is 0.409 e. The molecule has 114 valence electrons. The number of halogens is 1. The number of piperazine rings is 1. The van der Waals surface area contributed by atoms with Crippen LogP contribution < -0.4 is 0 Å². The minimum atomic E-state index is -0.332. The molecular formula is C15H19ClN2O3. The van der Waals surface area contributed by atoms with Gasteiger partial charge in [0.15, 0.2) is 0 Å². The molecule has 0 aliphatic carbocycles. The molecule has 0 radical (unpaired) electrons. The third kappa shape index (κ3) is 4.36. The topological polar surface area (TPSA) is 49.9 Å². The maximum absolute atomic E-state index is 12.2. The first-order valence-electron chi connectivity index (χ1n) is 6.95. The molecule has 0 atom stereocenters. The van der Waals surface area contributed by atoms with E-state index < -0.39 is 0 Å². The number of benzene rings is 1. The molecule has 1 aromatic rings. The molecule has 1 fully saturated rings. The lowest BCUT2D eigenvalue weighted by Crippen LogP contribution is -2.50. The average Bonchev–Trinajstić information content (AvgIpc) is 2.52. The molecule has 0 unspecified atom stereocenters. The second-order valence-corrected chi connectivity index (χ2v) is 5.40. The average molecular weight is 311 g/mol. The fourth-order valence-electron chi connectivity index (χ4n) is 2.37. The molecular weight excluding hydrogens is 292 g/mol. The van der Waals surface area contributed by atoms with Crippen molar-refractivity contribution < 1.29 is 14.3 Å². The van der Waals surface area contributed by atoms with E-state index in [4.69, 9.17) is 11.6 Å². The van der Waals surface area contributed by atoms with E-state index in [0.717, 1.165) is 5.56 Å². The van der Waals surface area contributed by atoms with Crippen LogP contribution in [-0.4, -0.2) is 55.1 Å². The lowest BCUT2D eigenvalue weighted by atomic mass is 10.1. The summed E-state index contributed by atoms with van der Waals surface area (Å²) in [7, 11) is 1.37. The number of ether oxygens (including phenoxy) is 1. The van der Waals surface area contributed by atoms with Crippen molar-refractivity contribution in [2.24, 2.45) is 0 Å². The van der Waals surface area contributed by atoms with Crippen LogP contribution in [0.15, 0.2) is 24.3 Å². The van der Waals surface area contributed by atoms with E-state index in [-0.39, 0.29) is 12.0 Å². The van der Waals surface area contributed by atoms with E-state index in [0.29, 0.717) is 44.0 Å². The molecule has 0 N–H and O–H groups in total. The lowest BCUT2D eigenvalue weighted by Gasteiger charge is -2.33. The first-order valence-corrected chi connectivity index (χ1v) is 7.33. The van der Waals surface area contributed by atoms with Crippen molar-refractivity contribution in [3.8, 4) is 0 Å². The lowest BCUT2D eigenvalue weighted by molar-refractivity contribution is -0.132. The highest BCUT2D eigenvalue weighted by molar-refractivity contribution is 6.30. The van der Waals surface area contributed by atoms with Crippen molar-refractivity contribution in [3.05, 3.63) is 34.9 Å². The van der Waals surface area contributed by atoms with E-state index in [1.807, 2.05) is 24.3 Å². The van der Waals surface area contributed by atoms with Gasteiger partial charge in [-0.25, -0.2) is 4.79 Å². The van der Waals surface area contributed by atoms with E-state index >= 15 is 0 Å². The van der Waals surface area contributed by atoms with Gasteiger partial charge in [-0.1, -0.05) is 23.7 Å². The highest BCUT2D eigenvalue weighted by Crippen LogP contribution is 2.13. The summed E-state index contributed by atoms with van der Waals surface area (Å²) in [5.74, 6) is 0.111. The fraction of sp³-hybridized carbons (Fsp3) is 0.467. The molecule has 2 amide bonds. The number of hydrogen-bond acceptors (Lipinski definition) is 3. The summed E-state index contributed by atoms with van der Waals surface area (Å²) in [6, 6.07) is 7.55. The van der Waals surface area contributed by atoms with Gasteiger partial charge in [0.2, 0.25) is 5.91 Å². The molecule has 0 aromatic heterocycles. The molecule has 2 rings (SSSR count). The van der Waals surface area contributed by atoms with Crippen molar-refractivity contribution in [1.29, 1.82) is 0 Å². The standard InChI is InChI=1S/C15H19ClN2O3/c1-21-15(20)18-9-7-17(8-10-18)14(19)6-5-12-3-2-4-13(16)11-12/h2-4,11H,5-10H2,1H3. The fourth-order valence-corrected chi connectivity index (χ4v) is 2.58. The number of rotatable bonds is 3. The summed E-state index contributed by atoms with van der Waals surface area (Å²) in [5, 5.41) is 0.687. The van der Waals surface area contributed by atoms with Crippen molar-refractivity contribution in [1.82, 2.24) is 9.80 Å². The Kier molecular flexibility index (Phi) is 5.44. The molecule has 1 saturated heterocycles. The zero-order valence-electron chi connectivity index (χ0n) is 12.0. The van der Waals surface area contributed by atoms with Crippen molar-refractivity contribution in [2.45, 2.75) is 12.8 Å². The molecule has 21 heavy (non-hydrogen) atoms. The molecule has 1 aliphatic rings. The number of carbonyl (C=O) groups is 2. The van der Waals surface area contributed by atoms with Crippen molar-refractivity contribution in [3.63, 3.8) is 0 Å². The van der Waals surface area contributed by atoms with Gasteiger partial charge in [0, 0.05) is 37.6 Å². The van der Waals surface area contributed by atoms with Crippen LogP contribution in [0.5, 0.6) is 0 Å². The summed E-state index contributed by atoms with van der Waals surface area (Å²) < 4.78 is 4.67. The second kappa shape index (κ2) is 7.31. The normalized spacial score (nSPS) is 15.0. The number of nitrogens with zero attached hydrogens (tertiary/aromatic N) is 2. The highest BCUT2D eigenvalue weighted by atomic mass is 35.5. The van der Waals surface area contributed by atoms with Crippen LogP contribution >= 0.6 is 11.6 Å². The third-order valence-electron chi connectivity index (χ3n) is 3.58. The van der Waals surface area contributed by atoms with E-state index in [9.17, 15) is 9.59 Å². The van der Waals surface area contributed by atoms with Gasteiger partial charge in [0.05, 0.1) is 7.11 Å². The molecule has 1 heterocycles. The Bertz CT molecular complexity index is 513. The quantitative estimate of drug-likeness (QED) is 0.860. The minimum Gasteiger partial charge on any atom is -0.453 e. The monoisotopic (exact) mass is 310 g/mol. The van der Waals surface area contributed by atoms with Crippen LogP contribution in [0, 0.1) is 0 Å². The van der Waals surface area contributed by atoms with Crippen molar-refractivity contribution >= 4 is 23.6 Å². The van der Waals surface area contributed by atoms with E-state index in [1.165, 1.54) is 7.11 Å². The number of amides is 2. The van der Waals surface area contributed by atoms with Gasteiger partial charge in [-0.15, -0.1) is 0 Å². The van der Waals surface area contributed by atoms with Gasteiger partial charge in [0.1, 0.15) is 0 Å². The predicted octanol–water partition coefficient (Wildman–Crippen LogP) is 2.18. The largest absolute Gasteiger partial charge is 0.453 e. The summed E-state index contributed by atoms with van der Waals surface area (Å²) in [5.41, 5.74) is 1.06.